The average molecular weight is 1190 g/mol. The molecule has 0 aliphatic rings. The molecule has 0 radical (unpaired) electrons. The van der Waals surface area contributed by atoms with Crippen LogP contribution in [-0.2, 0) is 80.1 Å². The van der Waals surface area contributed by atoms with Gasteiger partial charge in [-0.15, -0.1) is 0 Å². The largest absolute Gasteiger partial charge is 0.491 e. The van der Waals surface area contributed by atoms with E-state index >= 15 is 0 Å². The molecule has 4 aromatic carbocycles. The Morgan fingerprint density at radius 1 is 0.289 bits per heavy atom. The molecule has 83 heavy (non-hydrogen) atoms. The highest BCUT2D eigenvalue weighted by Crippen LogP contribution is 2.43. The fourth-order valence-electron chi connectivity index (χ4n) is 8.13. The van der Waals surface area contributed by atoms with E-state index in [0.29, 0.717) is 192 Å². The maximum atomic E-state index is 10.5. The van der Waals surface area contributed by atoms with Crippen LogP contribution in [0.2, 0.25) is 0 Å². The fourth-order valence-corrected chi connectivity index (χ4v) is 8.45. The molecule has 0 saturated carbocycles. The van der Waals surface area contributed by atoms with Crippen LogP contribution in [0.5, 0.6) is 5.75 Å². The van der Waals surface area contributed by atoms with Gasteiger partial charge in [-0.3, -0.25) is 4.52 Å². The smallest absolute Gasteiger partial charge is 0.469 e. The van der Waals surface area contributed by atoms with Crippen molar-refractivity contribution in [1.82, 2.24) is 0 Å². The highest BCUT2D eigenvalue weighted by molar-refractivity contribution is 7.46. The minimum Gasteiger partial charge on any atom is -0.491 e. The number of phosphoric ester groups is 1. The Morgan fingerprint density at radius 3 is 0.723 bits per heavy atom. The van der Waals surface area contributed by atoms with Gasteiger partial charge in [0.05, 0.1) is 205 Å². The normalized spacial score (nSPS) is 12.9. The van der Waals surface area contributed by atoms with Crippen molar-refractivity contribution in [1.29, 1.82) is 0 Å². The highest BCUT2D eigenvalue weighted by atomic mass is 31.2. The van der Waals surface area contributed by atoms with E-state index in [1.54, 1.807) is 0 Å². The second-order valence-corrected chi connectivity index (χ2v) is 20.0. The topological polar surface area (TPSA) is 214 Å². The Kier molecular flexibility index (Phi) is 41.7. The molecule has 0 spiro atoms. The first kappa shape index (κ1) is 71.7. The Morgan fingerprint density at radius 2 is 0.494 bits per heavy atom. The van der Waals surface area contributed by atoms with Gasteiger partial charge in [-0.2, -0.15) is 0 Å². The summed E-state index contributed by atoms with van der Waals surface area (Å²) in [6.45, 7) is 20.2. The van der Waals surface area contributed by atoms with E-state index in [1.165, 1.54) is 33.4 Å². The summed E-state index contributed by atoms with van der Waals surface area (Å²) in [5.41, 5.74) is 7.39. The molecule has 0 aromatic heterocycles. The molecule has 4 rings (SSSR count). The molecular weight excluding hydrogens is 1100 g/mol. The lowest BCUT2D eigenvalue weighted by Crippen LogP contribution is -2.16. The van der Waals surface area contributed by atoms with E-state index in [-0.39, 0.29) is 37.6 Å². The zero-order chi connectivity index (χ0) is 58.9. The van der Waals surface area contributed by atoms with Crippen LogP contribution < -0.4 is 4.74 Å². The minimum absolute atomic E-state index is 0.0702. The Hall–Kier alpha value is -3.81. The van der Waals surface area contributed by atoms with E-state index in [4.69, 9.17) is 85.6 Å². The van der Waals surface area contributed by atoms with Crippen molar-refractivity contribution in [2.75, 3.05) is 211 Å². The van der Waals surface area contributed by atoms with E-state index < -0.39 is 7.82 Å². The first-order valence-electron chi connectivity index (χ1n) is 29.1. The molecule has 0 heterocycles. The first-order valence-corrected chi connectivity index (χ1v) is 30.6. The summed E-state index contributed by atoms with van der Waals surface area (Å²) < 4.78 is 105. The van der Waals surface area contributed by atoms with Gasteiger partial charge in [0, 0.05) is 28.9 Å². The van der Waals surface area contributed by atoms with Gasteiger partial charge in [0.15, 0.2) is 0 Å². The van der Waals surface area contributed by atoms with E-state index in [9.17, 15) is 4.57 Å². The van der Waals surface area contributed by atoms with Crippen LogP contribution >= 0.6 is 7.82 Å². The quantitative estimate of drug-likeness (QED) is 0.0318. The number of hydrogen-bond acceptors (Lipinski definition) is 18. The Labute approximate surface area is 493 Å². The molecule has 0 aliphatic carbocycles. The first-order chi connectivity index (χ1) is 40.7. The standard InChI is InChI=1S/C62H95O20P/c1-53(56-13-7-4-8-14-56)59-51-60(54(2)57-15-9-5-10-16-57)62(61(52-59)55(3)58-17-11-6-12-18-58)81-49-47-79-45-43-77-41-39-75-37-35-73-33-31-71-29-27-69-25-23-67-21-19-66-20-22-68-24-26-70-28-30-72-32-34-74-36-38-76-40-42-78-44-46-80-48-50-82-83(63,64)65/h4-18,51-55H,19-50H2,1-3H3,(H2,63,64,65). The minimum atomic E-state index is -4.45. The lowest BCUT2D eigenvalue weighted by Gasteiger charge is -2.26. The van der Waals surface area contributed by atoms with E-state index in [0.717, 1.165) is 5.75 Å². The van der Waals surface area contributed by atoms with Crippen LogP contribution in [0.4, 0.5) is 0 Å². The molecule has 20 nitrogen and oxygen atoms in total. The fraction of sp³-hybridized carbons (Fsp3) is 0.613. The maximum absolute atomic E-state index is 10.5. The second kappa shape index (κ2) is 48.3. The van der Waals surface area contributed by atoms with Gasteiger partial charge in [0.1, 0.15) is 12.4 Å². The van der Waals surface area contributed by atoms with Crippen molar-refractivity contribution in [3.8, 4) is 5.75 Å². The van der Waals surface area contributed by atoms with Crippen LogP contribution in [0.3, 0.4) is 0 Å². The van der Waals surface area contributed by atoms with E-state index in [1.807, 2.05) is 0 Å². The number of benzene rings is 4. The van der Waals surface area contributed by atoms with Crippen LogP contribution in [0, 0.1) is 0 Å². The van der Waals surface area contributed by atoms with Gasteiger partial charge < -0.3 is 85.6 Å². The molecule has 0 saturated heterocycles. The third-order valence-corrected chi connectivity index (χ3v) is 13.2. The zero-order valence-corrected chi connectivity index (χ0v) is 50.3. The maximum Gasteiger partial charge on any atom is 0.469 e. The summed E-state index contributed by atoms with van der Waals surface area (Å²) >= 11 is 0. The van der Waals surface area contributed by atoms with Crippen molar-refractivity contribution in [3.05, 3.63) is 137 Å². The summed E-state index contributed by atoms with van der Waals surface area (Å²) in [5.74, 6) is 1.36. The zero-order valence-electron chi connectivity index (χ0n) is 49.4. The van der Waals surface area contributed by atoms with Gasteiger partial charge in [0.25, 0.3) is 0 Å². The average Bonchev–Trinajstić information content (AvgIpc) is 3.28. The summed E-state index contributed by atoms with van der Waals surface area (Å²) in [6.07, 6.45) is 0. The van der Waals surface area contributed by atoms with Gasteiger partial charge in [0.2, 0.25) is 0 Å². The van der Waals surface area contributed by atoms with Crippen molar-refractivity contribution >= 4 is 7.82 Å². The molecule has 4 aromatic rings. The molecule has 21 heteroatoms. The molecule has 468 valence electrons. The van der Waals surface area contributed by atoms with Crippen LogP contribution in [0.15, 0.2) is 103 Å². The highest BCUT2D eigenvalue weighted by Gasteiger charge is 2.25. The molecule has 0 bridgehead atoms. The van der Waals surface area contributed by atoms with Gasteiger partial charge in [-0.05, 0) is 22.3 Å². The Bertz CT molecular complexity index is 2090. The second-order valence-electron chi connectivity index (χ2n) is 18.8. The third kappa shape index (κ3) is 35.4. The van der Waals surface area contributed by atoms with Gasteiger partial charge >= 0.3 is 7.82 Å². The van der Waals surface area contributed by atoms with Gasteiger partial charge in [-0.1, -0.05) is 124 Å². The lowest BCUT2D eigenvalue weighted by atomic mass is 9.81. The monoisotopic (exact) mass is 1190 g/mol. The molecule has 2 N–H and O–H groups in total. The molecule has 0 amide bonds. The van der Waals surface area contributed by atoms with Gasteiger partial charge in [-0.25, -0.2) is 4.57 Å². The Balaban J connectivity index is 0.864. The van der Waals surface area contributed by atoms with Crippen LogP contribution in [-0.4, -0.2) is 221 Å². The lowest BCUT2D eigenvalue weighted by molar-refractivity contribution is -0.0302. The van der Waals surface area contributed by atoms with Crippen molar-refractivity contribution in [2.45, 2.75) is 38.5 Å². The molecule has 0 aliphatic heterocycles. The van der Waals surface area contributed by atoms with Crippen LogP contribution in [0.1, 0.15) is 71.9 Å². The number of phosphoric acid groups is 1. The summed E-state index contributed by atoms with van der Waals surface area (Å²) in [4.78, 5) is 17.1. The van der Waals surface area contributed by atoms with Crippen molar-refractivity contribution in [2.24, 2.45) is 0 Å². The van der Waals surface area contributed by atoms with E-state index in [2.05, 4.69) is 128 Å². The molecular formula is C62H95O20P. The SMILES string of the molecule is CC(c1ccccc1)c1cc(C(C)c2ccccc2)c(OCCOCCOCCOCCOCCOCCOCCOCCOCCOCCOCCOCCOCCOCCOCCOCCOP(=O)(O)O)c(C(C)c2ccccc2)c1. The summed E-state index contributed by atoms with van der Waals surface area (Å²) in [6, 6.07) is 36.7. The number of rotatable bonds is 56. The summed E-state index contributed by atoms with van der Waals surface area (Å²) in [7, 11) is -4.45. The molecule has 3 atom stereocenters. The van der Waals surface area contributed by atoms with Crippen molar-refractivity contribution < 1.29 is 94.7 Å². The predicted octanol–water partition coefficient (Wildman–Crippen LogP) is 7.88. The molecule has 0 fully saturated rings. The predicted molar refractivity (Wildman–Crippen MR) is 314 cm³/mol. The third-order valence-electron chi connectivity index (χ3n) is 12.7. The number of ether oxygens (including phenoxy) is 16. The van der Waals surface area contributed by atoms with Crippen molar-refractivity contribution in [3.63, 3.8) is 0 Å². The van der Waals surface area contributed by atoms with Crippen LogP contribution in [0.25, 0.3) is 0 Å². The molecule has 3 unspecified atom stereocenters. The number of hydrogen-bond donors (Lipinski definition) is 2. The summed E-state index contributed by atoms with van der Waals surface area (Å²) in [5, 5.41) is 0.